The maximum atomic E-state index is 13.4. The van der Waals surface area contributed by atoms with Crippen LogP contribution in [0.2, 0.25) is 0 Å². The zero-order valence-corrected chi connectivity index (χ0v) is 16.4. The molecule has 0 aliphatic carbocycles. The minimum atomic E-state index is -1.08. The van der Waals surface area contributed by atoms with E-state index in [0.29, 0.717) is 0 Å². The molecule has 0 unspecified atom stereocenters. The Morgan fingerprint density at radius 3 is 2.13 bits per heavy atom. The van der Waals surface area contributed by atoms with Crippen molar-refractivity contribution in [2.24, 2.45) is 0 Å². The molecule has 0 spiro atoms. The van der Waals surface area contributed by atoms with E-state index in [9.17, 15) is 23.2 Å². The van der Waals surface area contributed by atoms with Crippen LogP contribution in [0.5, 0.6) is 0 Å². The van der Waals surface area contributed by atoms with Crippen LogP contribution in [0, 0.1) is 11.6 Å². The Labute approximate surface area is 172 Å². The number of amides is 3. The lowest BCUT2D eigenvalue weighted by atomic mass is 10.1. The van der Waals surface area contributed by atoms with Crippen LogP contribution in [0.3, 0.4) is 0 Å². The number of halogens is 2. The Hall–Kier alpha value is -3.55. The van der Waals surface area contributed by atoms with E-state index in [-0.39, 0.29) is 49.3 Å². The fourth-order valence-electron chi connectivity index (χ4n) is 3.15. The minimum absolute atomic E-state index is 0.0524. The van der Waals surface area contributed by atoms with Gasteiger partial charge in [0.05, 0.1) is 0 Å². The zero-order valence-electron chi connectivity index (χ0n) is 16.4. The molecule has 156 valence electrons. The maximum absolute atomic E-state index is 13.4. The van der Waals surface area contributed by atoms with Gasteiger partial charge in [-0.15, -0.1) is 0 Å². The normalized spacial score (nSPS) is 14.4. The molecule has 1 heterocycles. The van der Waals surface area contributed by atoms with E-state index < -0.39 is 17.5 Å². The predicted molar refractivity (Wildman–Crippen MR) is 107 cm³/mol. The molecule has 2 aromatic rings. The molecule has 6 nitrogen and oxygen atoms in total. The van der Waals surface area contributed by atoms with Crippen LogP contribution in [-0.4, -0.2) is 53.7 Å². The Bertz CT molecular complexity index is 984. The van der Waals surface area contributed by atoms with Crippen LogP contribution in [0.1, 0.15) is 22.8 Å². The molecule has 2 aromatic carbocycles. The van der Waals surface area contributed by atoms with Gasteiger partial charge in [-0.1, -0.05) is 30.3 Å². The third-order valence-corrected chi connectivity index (χ3v) is 4.67. The highest BCUT2D eigenvalue weighted by molar-refractivity contribution is 6.01. The van der Waals surface area contributed by atoms with Gasteiger partial charge < -0.3 is 15.1 Å². The molecule has 30 heavy (non-hydrogen) atoms. The summed E-state index contributed by atoms with van der Waals surface area (Å²) >= 11 is 0. The van der Waals surface area contributed by atoms with Crippen LogP contribution < -0.4 is 5.32 Å². The summed E-state index contributed by atoms with van der Waals surface area (Å²) in [5, 5.41) is 2.57. The fourth-order valence-corrected chi connectivity index (χ4v) is 3.15. The Morgan fingerprint density at radius 1 is 0.900 bits per heavy atom. The number of nitrogens with one attached hydrogen (secondary N) is 1. The number of hydrogen-bond acceptors (Lipinski definition) is 3. The lowest BCUT2D eigenvalue weighted by Gasteiger charge is -2.35. The van der Waals surface area contributed by atoms with Crippen molar-refractivity contribution in [3.8, 4) is 0 Å². The molecule has 1 aliphatic heterocycles. The Kier molecular flexibility index (Phi) is 6.56. The highest BCUT2D eigenvalue weighted by Crippen LogP contribution is 2.15. The number of benzene rings is 2. The molecule has 1 N–H and O–H groups in total. The first-order valence-electron chi connectivity index (χ1n) is 9.43. The van der Waals surface area contributed by atoms with Crippen LogP contribution in [0.15, 0.2) is 54.2 Å². The van der Waals surface area contributed by atoms with E-state index >= 15 is 0 Å². The van der Waals surface area contributed by atoms with Crippen LogP contribution in [-0.2, 0) is 9.59 Å². The van der Waals surface area contributed by atoms with E-state index in [1.807, 2.05) is 30.3 Å². The van der Waals surface area contributed by atoms with E-state index in [1.165, 1.54) is 17.9 Å². The Balaban J connectivity index is 1.68. The molecular weight excluding hydrogens is 392 g/mol. The average molecular weight is 413 g/mol. The topological polar surface area (TPSA) is 69.7 Å². The molecule has 0 radical (unpaired) electrons. The first-order valence-corrected chi connectivity index (χ1v) is 9.43. The number of hydrogen-bond donors (Lipinski definition) is 1. The van der Waals surface area contributed by atoms with Crippen molar-refractivity contribution < 1.29 is 23.2 Å². The molecule has 8 heteroatoms. The van der Waals surface area contributed by atoms with Crippen molar-refractivity contribution in [1.82, 2.24) is 15.1 Å². The molecule has 3 amide bonds. The lowest BCUT2D eigenvalue weighted by Crippen LogP contribution is -2.52. The first-order chi connectivity index (χ1) is 14.3. The van der Waals surface area contributed by atoms with Gasteiger partial charge in [0.15, 0.2) is 11.6 Å². The second kappa shape index (κ2) is 9.30. The SMILES string of the molecule is CC(=O)N/C(=C\c1ccccc1)C(=O)N1CCN(C(=O)c2ccc(F)c(F)c2)CC1. The fraction of sp³-hybridized carbons (Fsp3) is 0.227. The summed E-state index contributed by atoms with van der Waals surface area (Å²) in [5.74, 6) is -3.24. The van der Waals surface area contributed by atoms with Crippen molar-refractivity contribution in [3.63, 3.8) is 0 Å². The van der Waals surface area contributed by atoms with Gasteiger partial charge in [0, 0.05) is 38.7 Å². The molecule has 0 bridgehead atoms. The number of rotatable bonds is 4. The number of carbonyl (C=O) groups excluding carboxylic acids is 3. The van der Waals surface area contributed by atoms with Gasteiger partial charge in [0.2, 0.25) is 5.91 Å². The lowest BCUT2D eigenvalue weighted by molar-refractivity contribution is -0.130. The molecule has 0 aromatic heterocycles. The van der Waals surface area contributed by atoms with Crippen LogP contribution in [0.4, 0.5) is 8.78 Å². The van der Waals surface area contributed by atoms with Crippen molar-refractivity contribution >= 4 is 23.8 Å². The first kappa shape index (κ1) is 21.2. The molecule has 1 fully saturated rings. The average Bonchev–Trinajstić information content (AvgIpc) is 2.75. The second-order valence-corrected chi connectivity index (χ2v) is 6.86. The summed E-state index contributed by atoms with van der Waals surface area (Å²) in [7, 11) is 0. The smallest absolute Gasteiger partial charge is 0.270 e. The summed E-state index contributed by atoms with van der Waals surface area (Å²) in [6.07, 6.45) is 1.60. The van der Waals surface area contributed by atoms with Gasteiger partial charge in [-0.05, 0) is 29.8 Å². The predicted octanol–water partition coefficient (Wildman–Crippen LogP) is 2.43. The van der Waals surface area contributed by atoms with Gasteiger partial charge in [-0.2, -0.15) is 0 Å². The quantitative estimate of drug-likeness (QED) is 0.783. The van der Waals surface area contributed by atoms with Crippen LogP contribution in [0.25, 0.3) is 6.08 Å². The van der Waals surface area contributed by atoms with Crippen molar-refractivity contribution in [3.05, 3.63) is 77.0 Å². The summed E-state index contributed by atoms with van der Waals surface area (Å²) in [5.41, 5.74) is 0.965. The van der Waals surface area contributed by atoms with Crippen LogP contribution >= 0.6 is 0 Å². The molecule has 0 atom stereocenters. The highest BCUT2D eigenvalue weighted by atomic mass is 19.2. The number of carbonyl (C=O) groups is 3. The third-order valence-electron chi connectivity index (χ3n) is 4.67. The molecular formula is C22H21F2N3O3. The monoisotopic (exact) mass is 413 g/mol. The van der Waals surface area contributed by atoms with Crippen molar-refractivity contribution in [2.75, 3.05) is 26.2 Å². The van der Waals surface area contributed by atoms with Gasteiger partial charge >= 0.3 is 0 Å². The number of nitrogens with zero attached hydrogens (tertiary/aromatic N) is 2. The zero-order chi connectivity index (χ0) is 21.7. The van der Waals surface area contributed by atoms with Crippen molar-refractivity contribution in [1.29, 1.82) is 0 Å². The number of piperazine rings is 1. The molecule has 1 aliphatic rings. The maximum Gasteiger partial charge on any atom is 0.270 e. The largest absolute Gasteiger partial charge is 0.335 e. The van der Waals surface area contributed by atoms with E-state index in [0.717, 1.165) is 17.7 Å². The minimum Gasteiger partial charge on any atom is -0.335 e. The highest BCUT2D eigenvalue weighted by Gasteiger charge is 2.27. The van der Waals surface area contributed by atoms with Gasteiger partial charge in [0.1, 0.15) is 5.70 Å². The van der Waals surface area contributed by atoms with E-state index in [4.69, 9.17) is 0 Å². The molecule has 0 saturated carbocycles. The Morgan fingerprint density at radius 2 is 1.53 bits per heavy atom. The summed E-state index contributed by atoms with van der Waals surface area (Å²) in [6, 6.07) is 12.1. The summed E-state index contributed by atoms with van der Waals surface area (Å²) in [4.78, 5) is 40.0. The van der Waals surface area contributed by atoms with E-state index in [1.54, 1.807) is 11.0 Å². The van der Waals surface area contributed by atoms with Crippen molar-refractivity contribution in [2.45, 2.75) is 6.92 Å². The molecule has 3 rings (SSSR count). The summed E-state index contributed by atoms with van der Waals surface area (Å²) < 4.78 is 26.5. The van der Waals surface area contributed by atoms with Gasteiger partial charge in [-0.25, -0.2) is 8.78 Å². The van der Waals surface area contributed by atoms with Gasteiger partial charge in [-0.3, -0.25) is 14.4 Å². The summed E-state index contributed by atoms with van der Waals surface area (Å²) in [6.45, 7) is 2.30. The van der Waals surface area contributed by atoms with E-state index in [2.05, 4.69) is 5.32 Å². The van der Waals surface area contributed by atoms with Gasteiger partial charge in [0.25, 0.3) is 11.8 Å². The molecule has 1 saturated heterocycles. The third kappa shape index (κ3) is 5.08. The second-order valence-electron chi connectivity index (χ2n) is 6.86. The standard InChI is InChI=1S/C22H21F2N3O3/c1-15(28)25-20(13-16-5-3-2-4-6-16)22(30)27-11-9-26(10-12-27)21(29)17-7-8-18(23)19(24)14-17/h2-8,13-14H,9-12H2,1H3,(H,25,28)/b20-13-.